The van der Waals surface area contributed by atoms with Gasteiger partial charge in [-0.05, 0) is 85.7 Å². The molecular weight excluding hydrogens is 811 g/mol. The molecule has 2 aromatic carbocycles. The summed E-state index contributed by atoms with van der Waals surface area (Å²) in [5.74, 6) is -2.50. The average molecular weight is 886 g/mol. The van der Waals surface area contributed by atoms with Gasteiger partial charge < -0.3 is 63.4 Å². The van der Waals surface area contributed by atoms with Crippen molar-refractivity contribution in [2.24, 2.45) is 22.7 Å². The number of fused-ring (bicyclic) bond motifs is 2. The first-order valence-electron chi connectivity index (χ1n) is 22.9. The molecule has 18 atom stereocenters. The van der Waals surface area contributed by atoms with Crippen LogP contribution in [0.4, 0.5) is 5.69 Å². The zero-order chi connectivity index (χ0) is 46.3. The summed E-state index contributed by atoms with van der Waals surface area (Å²) < 4.78 is 45.2. The van der Waals surface area contributed by atoms with Gasteiger partial charge in [-0.25, -0.2) is 0 Å². The number of amidine groups is 1. The summed E-state index contributed by atoms with van der Waals surface area (Å²) in [5.41, 5.74) is -3.56. The summed E-state index contributed by atoms with van der Waals surface area (Å²) in [4.78, 5) is 23.4. The fraction of sp³-hybridized carbons (Fsp3) is 0.750. The Kier molecular flexibility index (Phi) is 15.3. The van der Waals surface area contributed by atoms with Gasteiger partial charge >= 0.3 is 5.97 Å². The second-order valence-corrected chi connectivity index (χ2v) is 19.8. The largest absolute Gasteiger partial charge is 0.459 e. The van der Waals surface area contributed by atoms with Gasteiger partial charge in [0.25, 0.3) is 6.02 Å². The lowest BCUT2D eigenvalue weighted by Gasteiger charge is -2.48. The molecule has 63 heavy (non-hydrogen) atoms. The Hall–Kier alpha value is -2.96. The first kappa shape index (κ1) is 49.5. The Labute approximate surface area is 374 Å². The molecule has 15 nitrogen and oxygen atoms in total. The number of aliphatic hydroxyl groups is 4. The van der Waals surface area contributed by atoms with Gasteiger partial charge in [0, 0.05) is 50.9 Å². The maximum atomic E-state index is 14.4. The van der Waals surface area contributed by atoms with Gasteiger partial charge in [0.2, 0.25) is 0 Å². The molecule has 2 aromatic rings. The number of carbonyl (C=O) groups is 1. The number of carbonyl (C=O) groups excluding carboxylic acids is 1. The van der Waals surface area contributed by atoms with Crippen molar-refractivity contribution in [2.75, 3.05) is 27.7 Å². The number of hydrogen-bond donors (Lipinski definition) is 4. The van der Waals surface area contributed by atoms with Gasteiger partial charge in [0.1, 0.15) is 30.0 Å². The van der Waals surface area contributed by atoms with Crippen molar-refractivity contribution in [1.82, 2.24) is 9.80 Å². The van der Waals surface area contributed by atoms with E-state index < -0.39 is 96.0 Å². The highest BCUT2D eigenvalue weighted by Crippen LogP contribution is 2.41. The molecule has 6 rings (SSSR count). The van der Waals surface area contributed by atoms with E-state index in [1.165, 1.54) is 14.0 Å². The summed E-state index contributed by atoms with van der Waals surface area (Å²) in [7, 11) is 5.35. The van der Waals surface area contributed by atoms with E-state index in [9.17, 15) is 25.2 Å². The van der Waals surface area contributed by atoms with Gasteiger partial charge in [-0.15, -0.1) is 0 Å². The molecule has 15 heteroatoms. The number of cyclic esters (lactones) is 1. The molecule has 4 saturated heterocycles. The van der Waals surface area contributed by atoms with Gasteiger partial charge in [0.05, 0.1) is 53.3 Å². The number of nitrogens with zero attached hydrogens (tertiary/aromatic N) is 3. The number of rotatable bonds is 7. The number of likely N-dealkylation sites (N-methyl/N-ethyl adjacent to an activating group) is 2. The molecular formula is C48H75N3O12. The van der Waals surface area contributed by atoms with E-state index in [0.717, 1.165) is 16.5 Å². The van der Waals surface area contributed by atoms with Gasteiger partial charge in [-0.2, -0.15) is 4.99 Å². The summed E-state index contributed by atoms with van der Waals surface area (Å²) in [6.07, 6.45) is -7.41. The van der Waals surface area contributed by atoms with Crippen LogP contribution in [0.25, 0.3) is 10.8 Å². The number of benzene rings is 2. The van der Waals surface area contributed by atoms with Gasteiger partial charge in [0.15, 0.2) is 12.6 Å². The van der Waals surface area contributed by atoms with Crippen LogP contribution in [0, 0.1) is 17.8 Å². The topological polar surface area (TPSA) is 181 Å². The highest BCUT2D eigenvalue weighted by Gasteiger charge is 2.53. The minimum absolute atomic E-state index is 0.131. The third-order valence-corrected chi connectivity index (χ3v) is 14.6. The maximum absolute atomic E-state index is 14.4. The van der Waals surface area contributed by atoms with Crippen LogP contribution in [0.15, 0.2) is 47.5 Å². The summed E-state index contributed by atoms with van der Waals surface area (Å²) in [6.45, 7) is 18.4. The van der Waals surface area contributed by atoms with E-state index in [1.54, 1.807) is 34.6 Å². The van der Waals surface area contributed by atoms with E-state index in [2.05, 4.69) is 12.1 Å². The number of esters is 1. The van der Waals surface area contributed by atoms with Crippen molar-refractivity contribution in [2.45, 2.75) is 185 Å². The third-order valence-electron chi connectivity index (χ3n) is 14.6. The van der Waals surface area contributed by atoms with Crippen LogP contribution in [-0.2, 0) is 38.0 Å². The van der Waals surface area contributed by atoms with Crippen molar-refractivity contribution in [3.63, 3.8) is 0 Å². The van der Waals surface area contributed by atoms with Crippen LogP contribution >= 0.6 is 0 Å². The Morgan fingerprint density at radius 1 is 0.857 bits per heavy atom. The van der Waals surface area contributed by atoms with E-state index >= 15 is 0 Å². The Morgan fingerprint density at radius 3 is 2.21 bits per heavy atom. The summed E-state index contributed by atoms with van der Waals surface area (Å²) in [6, 6.07) is 13.9. The van der Waals surface area contributed by atoms with E-state index in [4.69, 9.17) is 38.2 Å². The molecule has 4 aliphatic rings. The predicted octanol–water partition coefficient (Wildman–Crippen LogP) is 5.15. The molecule has 0 unspecified atom stereocenters. The van der Waals surface area contributed by atoms with Crippen molar-refractivity contribution < 1.29 is 58.4 Å². The maximum Gasteiger partial charge on any atom is 0.311 e. The molecule has 0 saturated carbocycles. The van der Waals surface area contributed by atoms with Crippen molar-refractivity contribution in [3.8, 4) is 0 Å². The lowest BCUT2D eigenvalue weighted by atomic mass is 9.77. The second-order valence-electron chi connectivity index (χ2n) is 19.8. The number of methoxy groups -OCH3 is 1. The highest BCUT2D eigenvalue weighted by molar-refractivity contribution is 5.95. The van der Waals surface area contributed by atoms with E-state index in [0.29, 0.717) is 19.0 Å². The molecule has 4 N–H and O–H groups in total. The van der Waals surface area contributed by atoms with Crippen molar-refractivity contribution in [1.29, 1.82) is 0 Å². The summed E-state index contributed by atoms with van der Waals surface area (Å²) >= 11 is 0. The minimum Gasteiger partial charge on any atom is -0.459 e. The zero-order valence-electron chi connectivity index (χ0n) is 39.6. The van der Waals surface area contributed by atoms with Gasteiger partial charge in [-0.1, -0.05) is 57.2 Å². The average Bonchev–Trinajstić information content (AvgIpc) is 3.55. The lowest BCUT2D eigenvalue weighted by molar-refractivity contribution is -0.310. The molecule has 0 radical (unpaired) electrons. The van der Waals surface area contributed by atoms with Gasteiger partial charge in [-0.3, -0.25) is 4.79 Å². The molecule has 4 aliphatic heterocycles. The number of hydrogen-bond acceptors (Lipinski definition) is 14. The first-order valence-corrected chi connectivity index (χ1v) is 22.9. The molecule has 0 amide bonds. The fourth-order valence-corrected chi connectivity index (χ4v) is 10.6. The monoisotopic (exact) mass is 886 g/mol. The summed E-state index contributed by atoms with van der Waals surface area (Å²) in [5, 5.41) is 49.4. The standard InChI is InChI=1S/C48H75N3O12/c1-14-36-48(10,56)41(52)29(5)50(11)25-26(2)23-46(8,55)43(27(3)39(28(4)44(54)60-36)61-38-24-47(9,57-13)42(53)31(7)59-38)62-37-22-35-40(30(6)58-37)63-45(51(35)12)49-34-21-17-19-32-18-15-16-20-33(32)34/h15-21,26-31,35-43,52-53,55-56H,14,22-25H2,1-13H3/t26-,27+,28-,29-,30+,31+,35+,36-,37-,38+,39+,40+,41-,42+,43-,46-,47-,48-/m1/s1. The molecule has 4 heterocycles. The molecule has 4 fully saturated rings. The van der Waals surface area contributed by atoms with Crippen LogP contribution in [0.5, 0.6) is 0 Å². The SMILES string of the molecule is CC[C@H]1OC(=O)[C@H](C)[C@@H](O[C@H]2C[C@@](C)(OC)[C@@H](O)[C@H](C)O2)[C@H](C)[C@@H](O[C@@H]2C[C@H]3[C@@H](OC(=Nc4cccc5ccccc45)N3C)[C@H](C)O2)[C@](C)(O)C[C@@H](C)CN(C)[C@H](C)[C@@H](O)[C@]1(C)O. The second kappa shape index (κ2) is 19.5. The molecule has 354 valence electrons. The molecule has 0 aromatic heterocycles. The van der Waals surface area contributed by atoms with Crippen LogP contribution in [-0.4, -0.2) is 160 Å². The Morgan fingerprint density at radius 2 is 1.52 bits per heavy atom. The Balaban J connectivity index is 1.36. The van der Waals surface area contributed by atoms with Crippen LogP contribution in [0.2, 0.25) is 0 Å². The first-order chi connectivity index (χ1) is 29.5. The molecule has 0 spiro atoms. The Bertz CT molecular complexity index is 1890. The highest BCUT2D eigenvalue weighted by atomic mass is 16.7. The van der Waals surface area contributed by atoms with Crippen molar-refractivity contribution in [3.05, 3.63) is 42.5 Å². The molecule has 0 aliphatic carbocycles. The van der Waals surface area contributed by atoms with Crippen LogP contribution in [0.1, 0.15) is 94.9 Å². The zero-order valence-corrected chi connectivity index (χ0v) is 39.6. The number of aliphatic imine (C=N–C) groups is 1. The van der Waals surface area contributed by atoms with E-state index in [1.807, 2.05) is 81.9 Å². The minimum atomic E-state index is -1.80. The third kappa shape index (κ3) is 10.2. The van der Waals surface area contributed by atoms with E-state index in [-0.39, 0.29) is 37.3 Å². The quantitative estimate of drug-likeness (QED) is 0.268. The number of ether oxygens (including phenoxy) is 7. The fourth-order valence-electron chi connectivity index (χ4n) is 10.6. The normalized spacial score (nSPS) is 44.4. The van der Waals surface area contributed by atoms with Crippen LogP contribution in [0.3, 0.4) is 0 Å². The van der Waals surface area contributed by atoms with Crippen LogP contribution < -0.4 is 0 Å². The smallest absolute Gasteiger partial charge is 0.311 e. The molecule has 0 bridgehead atoms. The predicted molar refractivity (Wildman–Crippen MR) is 238 cm³/mol. The number of aliphatic hydroxyl groups excluding tert-OH is 2. The lowest BCUT2D eigenvalue weighted by Crippen LogP contribution is -2.59. The van der Waals surface area contributed by atoms with Crippen molar-refractivity contribution >= 4 is 28.5 Å².